The van der Waals surface area contributed by atoms with Crippen molar-refractivity contribution in [2.75, 3.05) is 0 Å². The first-order chi connectivity index (χ1) is 20.4. The molecule has 9 heteroatoms. The van der Waals surface area contributed by atoms with Crippen LogP contribution in [0.1, 0.15) is 32.6 Å². The number of carbonyl (C=O) groups excluding carboxylic acids is 2. The molecular weight excluding hydrogens is 537 g/mol. The minimum Gasteiger partial charge on any atom is -0.480 e. The molecule has 0 radical (unpaired) electrons. The summed E-state index contributed by atoms with van der Waals surface area (Å²) in [5, 5.41) is 18.9. The standard InChI is InChI=1S/C33H30FN3O5/c34-28-17-13-24(14-18-28)19-29(32(39)37-30(33(40)41)20-23-7-3-1-4-8-23)36-31(38)27-15-11-25(12-16-27)21-35-42-22-26-9-5-2-6-10-26/h1-18,21,29-30H,19-20,22H2,(H,36,38)(H,37,39)(H,40,41)/b35-21+/t29-,30+/m0/s1. The van der Waals surface area contributed by atoms with Crippen LogP contribution in [-0.4, -0.2) is 41.2 Å². The summed E-state index contributed by atoms with van der Waals surface area (Å²) in [6.07, 6.45) is 1.62. The second kappa shape index (κ2) is 14.9. The maximum absolute atomic E-state index is 13.5. The van der Waals surface area contributed by atoms with Crippen LogP contribution in [-0.2, 0) is 33.9 Å². The lowest BCUT2D eigenvalue weighted by Crippen LogP contribution is -2.53. The van der Waals surface area contributed by atoms with E-state index in [9.17, 15) is 23.9 Å². The number of oxime groups is 1. The highest BCUT2D eigenvalue weighted by Gasteiger charge is 2.27. The number of aliphatic carboxylic acids is 1. The molecule has 2 amide bonds. The Balaban J connectivity index is 1.42. The second-order valence-electron chi connectivity index (χ2n) is 9.56. The molecule has 4 aromatic rings. The van der Waals surface area contributed by atoms with Gasteiger partial charge in [0.25, 0.3) is 5.91 Å². The number of hydrogen-bond acceptors (Lipinski definition) is 5. The van der Waals surface area contributed by atoms with E-state index in [1.54, 1.807) is 48.5 Å². The molecule has 0 aliphatic rings. The molecular formula is C33H30FN3O5. The van der Waals surface area contributed by atoms with Crippen molar-refractivity contribution in [1.82, 2.24) is 10.6 Å². The quantitative estimate of drug-likeness (QED) is 0.162. The number of carboxylic acids is 1. The summed E-state index contributed by atoms with van der Waals surface area (Å²) in [5.41, 5.74) is 3.29. The number of halogens is 1. The molecule has 4 aromatic carbocycles. The molecule has 0 heterocycles. The van der Waals surface area contributed by atoms with Gasteiger partial charge in [0.15, 0.2) is 0 Å². The van der Waals surface area contributed by atoms with Crippen molar-refractivity contribution < 1.29 is 28.7 Å². The van der Waals surface area contributed by atoms with Gasteiger partial charge in [0.05, 0.1) is 6.21 Å². The molecule has 3 N–H and O–H groups in total. The van der Waals surface area contributed by atoms with Crippen molar-refractivity contribution >= 4 is 24.0 Å². The van der Waals surface area contributed by atoms with Gasteiger partial charge in [0, 0.05) is 18.4 Å². The zero-order chi connectivity index (χ0) is 29.7. The molecule has 0 aliphatic heterocycles. The van der Waals surface area contributed by atoms with Crippen LogP contribution in [0.15, 0.2) is 114 Å². The predicted octanol–water partition coefficient (Wildman–Crippen LogP) is 4.53. The zero-order valence-corrected chi connectivity index (χ0v) is 22.7. The van der Waals surface area contributed by atoms with Crippen LogP contribution in [0, 0.1) is 5.82 Å². The van der Waals surface area contributed by atoms with Crippen LogP contribution in [0.5, 0.6) is 0 Å². The molecule has 0 fully saturated rings. The summed E-state index contributed by atoms with van der Waals surface area (Å²) in [6.45, 7) is 0.323. The molecule has 0 aromatic heterocycles. The van der Waals surface area contributed by atoms with Crippen LogP contribution in [0.2, 0.25) is 0 Å². The number of rotatable bonds is 13. The number of carbonyl (C=O) groups is 3. The molecule has 4 rings (SSSR count). The second-order valence-corrected chi connectivity index (χ2v) is 9.56. The maximum Gasteiger partial charge on any atom is 0.326 e. The SMILES string of the molecule is O=C(N[C@@H](Cc1ccc(F)cc1)C(=O)N[C@H](Cc1ccccc1)C(=O)O)c1ccc(/C=N/OCc2ccccc2)cc1. The van der Waals surface area contributed by atoms with E-state index in [4.69, 9.17) is 4.84 Å². The maximum atomic E-state index is 13.5. The Morgan fingerprint density at radius 3 is 1.93 bits per heavy atom. The van der Waals surface area contributed by atoms with Gasteiger partial charge in [-0.2, -0.15) is 0 Å². The Labute approximate surface area is 242 Å². The van der Waals surface area contributed by atoms with Crippen LogP contribution >= 0.6 is 0 Å². The van der Waals surface area contributed by atoms with Crippen molar-refractivity contribution in [2.24, 2.45) is 5.16 Å². The molecule has 0 spiro atoms. The van der Waals surface area contributed by atoms with Gasteiger partial charge >= 0.3 is 5.97 Å². The number of amides is 2. The molecule has 0 bridgehead atoms. The molecule has 0 saturated heterocycles. The van der Waals surface area contributed by atoms with Crippen LogP contribution in [0.3, 0.4) is 0 Å². The lowest BCUT2D eigenvalue weighted by Gasteiger charge is -2.22. The summed E-state index contributed by atoms with van der Waals surface area (Å²) in [4.78, 5) is 43.7. The first-order valence-corrected chi connectivity index (χ1v) is 13.3. The van der Waals surface area contributed by atoms with Gasteiger partial charge in [0.2, 0.25) is 5.91 Å². The normalized spacial score (nSPS) is 12.3. The van der Waals surface area contributed by atoms with E-state index >= 15 is 0 Å². The van der Waals surface area contributed by atoms with Gasteiger partial charge in [-0.1, -0.05) is 90.1 Å². The highest BCUT2D eigenvalue weighted by molar-refractivity contribution is 5.98. The summed E-state index contributed by atoms with van der Waals surface area (Å²) in [5.74, 6) is -2.85. The minimum atomic E-state index is -1.21. The summed E-state index contributed by atoms with van der Waals surface area (Å²) in [6, 6.07) is 28.2. The largest absolute Gasteiger partial charge is 0.480 e. The van der Waals surface area contributed by atoms with E-state index in [0.717, 1.165) is 11.1 Å². The molecule has 0 saturated carbocycles. The fraction of sp³-hybridized carbons (Fsp3) is 0.152. The average molecular weight is 568 g/mol. The van der Waals surface area contributed by atoms with Crippen LogP contribution in [0.4, 0.5) is 4.39 Å². The minimum absolute atomic E-state index is 0.0268. The first kappa shape index (κ1) is 29.7. The number of hydrogen-bond donors (Lipinski definition) is 3. The molecule has 0 aliphatic carbocycles. The van der Waals surface area contributed by atoms with E-state index in [-0.39, 0.29) is 18.4 Å². The third-order valence-corrected chi connectivity index (χ3v) is 6.40. The van der Waals surface area contributed by atoms with E-state index in [0.29, 0.717) is 17.7 Å². The summed E-state index contributed by atoms with van der Waals surface area (Å²) >= 11 is 0. The predicted molar refractivity (Wildman–Crippen MR) is 156 cm³/mol. The van der Waals surface area contributed by atoms with Crippen molar-refractivity contribution in [3.05, 3.63) is 143 Å². The number of nitrogens with zero attached hydrogens (tertiary/aromatic N) is 1. The zero-order valence-electron chi connectivity index (χ0n) is 22.7. The molecule has 0 unspecified atom stereocenters. The number of carboxylic acid groups (broad SMARTS) is 1. The lowest BCUT2D eigenvalue weighted by atomic mass is 10.0. The Morgan fingerprint density at radius 1 is 0.738 bits per heavy atom. The summed E-state index contributed by atoms with van der Waals surface area (Å²) in [7, 11) is 0. The van der Waals surface area contributed by atoms with E-state index in [1.165, 1.54) is 30.5 Å². The van der Waals surface area contributed by atoms with Gasteiger partial charge in [0.1, 0.15) is 24.5 Å². The monoisotopic (exact) mass is 567 g/mol. The number of benzene rings is 4. The van der Waals surface area contributed by atoms with E-state index in [1.807, 2.05) is 36.4 Å². The third kappa shape index (κ3) is 9.12. The Hall–Kier alpha value is -5.31. The third-order valence-electron chi connectivity index (χ3n) is 6.40. The Kier molecular flexibility index (Phi) is 10.5. The first-order valence-electron chi connectivity index (χ1n) is 13.3. The van der Waals surface area contributed by atoms with Crippen LogP contribution < -0.4 is 10.6 Å². The number of nitrogens with one attached hydrogen (secondary N) is 2. The van der Waals surface area contributed by atoms with Crippen molar-refractivity contribution in [1.29, 1.82) is 0 Å². The molecule has 8 nitrogen and oxygen atoms in total. The smallest absolute Gasteiger partial charge is 0.326 e. The van der Waals surface area contributed by atoms with Gasteiger partial charge in [-0.05, 0) is 46.5 Å². The van der Waals surface area contributed by atoms with Crippen LogP contribution in [0.25, 0.3) is 0 Å². The van der Waals surface area contributed by atoms with Gasteiger partial charge in [-0.3, -0.25) is 9.59 Å². The van der Waals surface area contributed by atoms with Gasteiger partial charge in [-0.25, -0.2) is 9.18 Å². The van der Waals surface area contributed by atoms with E-state index in [2.05, 4.69) is 15.8 Å². The Morgan fingerprint density at radius 2 is 1.31 bits per heavy atom. The van der Waals surface area contributed by atoms with Crippen molar-refractivity contribution in [3.63, 3.8) is 0 Å². The Bertz CT molecular complexity index is 1490. The van der Waals surface area contributed by atoms with Crippen molar-refractivity contribution in [2.45, 2.75) is 31.5 Å². The fourth-order valence-corrected chi connectivity index (χ4v) is 4.13. The topological polar surface area (TPSA) is 117 Å². The van der Waals surface area contributed by atoms with Gasteiger partial charge in [-0.15, -0.1) is 0 Å². The van der Waals surface area contributed by atoms with Gasteiger partial charge < -0.3 is 20.6 Å². The van der Waals surface area contributed by atoms with Crippen molar-refractivity contribution in [3.8, 4) is 0 Å². The fourth-order valence-electron chi connectivity index (χ4n) is 4.13. The molecule has 214 valence electrons. The molecule has 42 heavy (non-hydrogen) atoms. The average Bonchev–Trinajstić information content (AvgIpc) is 3.01. The highest BCUT2D eigenvalue weighted by Crippen LogP contribution is 2.10. The highest BCUT2D eigenvalue weighted by atomic mass is 19.1. The van der Waals surface area contributed by atoms with E-state index < -0.39 is 35.7 Å². The lowest BCUT2D eigenvalue weighted by molar-refractivity contribution is -0.142. The summed E-state index contributed by atoms with van der Waals surface area (Å²) < 4.78 is 13.5. The molecule has 2 atom stereocenters.